The van der Waals surface area contributed by atoms with Gasteiger partial charge in [-0.15, -0.1) is 0 Å². The third-order valence-electron chi connectivity index (χ3n) is 5.52. The van der Waals surface area contributed by atoms with Crippen LogP contribution in [0.25, 0.3) is 0 Å². The Balaban J connectivity index is 2.07. The maximum Gasteiger partial charge on any atom is 0.218 e. The van der Waals surface area contributed by atoms with E-state index >= 15 is 0 Å². The number of ether oxygens (including phenoxy) is 2. The van der Waals surface area contributed by atoms with Crippen molar-refractivity contribution in [2.24, 2.45) is 15.8 Å². The van der Waals surface area contributed by atoms with E-state index in [1.54, 1.807) is 6.92 Å². The van der Waals surface area contributed by atoms with E-state index in [2.05, 4.69) is 17.1 Å². The number of nitriles is 2. The minimum atomic E-state index is -1.41. The van der Waals surface area contributed by atoms with Crippen LogP contribution in [0.1, 0.15) is 31.7 Å². The van der Waals surface area contributed by atoms with Crippen LogP contribution >= 0.6 is 0 Å². The Labute approximate surface area is 139 Å². The van der Waals surface area contributed by atoms with Gasteiger partial charge in [0.1, 0.15) is 5.84 Å². The van der Waals surface area contributed by atoms with Gasteiger partial charge in [-0.05, 0) is 12.0 Å². The standard InChI is InChI=1S/C18H16N4O2/c1-3-12-17(9-19)15-22-14(21)18(17,10-20)13(16(2,23-12)24-15)11-7-5-4-6-8-11/h4-8,12-13,21H,3H2,1-2H3/t12-,13+,16-,17-,18+/m0/s1. The summed E-state index contributed by atoms with van der Waals surface area (Å²) in [6, 6.07) is 13.9. The van der Waals surface area contributed by atoms with E-state index in [-0.39, 0.29) is 11.7 Å². The van der Waals surface area contributed by atoms with Crippen LogP contribution in [0.3, 0.4) is 0 Å². The molecule has 4 heterocycles. The molecule has 0 saturated carbocycles. The highest BCUT2D eigenvalue weighted by Crippen LogP contribution is 2.69. The number of fused-ring (bicyclic) bond motifs is 1. The molecule has 0 aromatic heterocycles. The lowest BCUT2D eigenvalue weighted by Gasteiger charge is -2.60. The van der Waals surface area contributed by atoms with Gasteiger partial charge in [0.2, 0.25) is 11.7 Å². The van der Waals surface area contributed by atoms with Crippen molar-refractivity contribution in [3.63, 3.8) is 0 Å². The minimum Gasteiger partial charge on any atom is -0.447 e. The van der Waals surface area contributed by atoms with Crippen molar-refractivity contribution in [1.82, 2.24) is 0 Å². The predicted molar refractivity (Wildman–Crippen MR) is 85.1 cm³/mol. The molecule has 4 aliphatic rings. The first-order chi connectivity index (χ1) is 11.5. The fourth-order valence-corrected chi connectivity index (χ4v) is 4.60. The van der Waals surface area contributed by atoms with Crippen molar-refractivity contribution in [3.8, 4) is 12.1 Å². The molecule has 3 fully saturated rings. The Morgan fingerprint density at radius 3 is 2.46 bits per heavy atom. The van der Waals surface area contributed by atoms with E-state index in [1.165, 1.54) is 0 Å². The smallest absolute Gasteiger partial charge is 0.218 e. The summed E-state index contributed by atoms with van der Waals surface area (Å²) in [5.41, 5.74) is -1.99. The first-order valence-electron chi connectivity index (χ1n) is 7.92. The van der Waals surface area contributed by atoms with Crippen LogP contribution < -0.4 is 0 Å². The monoisotopic (exact) mass is 320 g/mol. The number of amidine groups is 1. The molecule has 4 bridgehead atoms. The molecule has 1 aromatic carbocycles. The molecule has 0 spiro atoms. The minimum absolute atomic E-state index is 0.110. The van der Waals surface area contributed by atoms with Gasteiger partial charge >= 0.3 is 0 Å². The Hall–Kier alpha value is -2.70. The Morgan fingerprint density at radius 1 is 1.21 bits per heavy atom. The van der Waals surface area contributed by atoms with Crippen molar-refractivity contribution in [2.75, 3.05) is 0 Å². The van der Waals surface area contributed by atoms with Crippen molar-refractivity contribution in [1.29, 1.82) is 15.9 Å². The Kier molecular flexibility index (Phi) is 2.75. The lowest BCUT2D eigenvalue weighted by atomic mass is 9.50. The number of benzene rings is 1. The van der Waals surface area contributed by atoms with Crippen LogP contribution in [-0.4, -0.2) is 23.6 Å². The average molecular weight is 320 g/mol. The molecule has 3 saturated heterocycles. The molecule has 0 amide bonds. The molecule has 5 rings (SSSR count). The molecule has 1 aromatic rings. The molecular formula is C18H16N4O2. The molecule has 0 aliphatic carbocycles. The van der Waals surface area contributed by atoms with Crippen LogP contribution in [0.4, 0.5) is 0 Å². The molecule has 0 radical (unpaired) electrons. The number of nitrogens with one attached hydrogen (secondary N) is 1. The fraction of sp³-hybridized carbons (Fsp3) is 0.444. The third kappa shape index (κ3) is 1.31. The highest BCUT2D eigenvalue weighted by atomic mass is 16.7. The fourth-order valence-electron chi connectivity index (χ4n) is 4.60. The second-order valence-corrected chi connectivity index (χ2v) is 6.58. The van der Waals surface area contributed by atoms with E-state index in [0.717, 1.165) is 5.56 Å². The van der Waals surface area contributed by atoms with Crippen LogP contribution in [0.5, 0.6) is 0 Å². The van der Waals surface area contributed by atoms with Gasteiger partial charge in [0.15, 0.2) is 10.8 Å². The van der Waals surface area contributed by atoms with Gasteiger partial charge in [0, 0.05) is 6.92 Å². The molecule has 0 unspecified atom stereocenters. The predicted octanol–water partition coefficient (Wildman–Crippen LogP) is 2.73. The molecule has 24 heavy (non-hydrogen) atoms. The van der Waals surface area contributed by atoms with Gasteiger partial charge in [-0.1, -0.05) is 37.3 Å². The number of rotatable bonds is 2. The number of aliphatic imine (C=N–C) groups is 1. The topological polar surface area (TPSA) is 102 Å². The molecule has 1 N–H and O–H groups in total. The number of hydrogen-bond acceptors (Lipinski definition) is 5. The van der Waals surface area contributed by atoms with Crippen molar-refractivity contribution in [3.05, 3.63) is 35.9 Å². The van der Waals surface area contributed by atoms with Crippen LogP contribution in [0.2, 0.25) is 0 Å². The molecular weight excluding hydrogens is 304 g/mol. The zero-order valence-corrected chi connectivity index (χ0v) is 13.4. The maximum atomic E-state index is 10.2. The zero-order chi connectivity index (χ0) is 17.2. The van der Waals surface area contributed by atoms with E-state index < -0.39 is 28.6 Å². The first-order valence-corrected chi connectivity index (χ1v) is 7.92. The SMILES string of the molecule is CC[C@@H]1O[C@@]2(C)OC3=NC(=N)[C@@](C#N)([C@@H]2c2ccccc2)[C@]31C#N. The summed E-state index contributed by atoms with van der Waals surface area (Å²) in [4.78, 5) is 4.19. The summed E-state index contributed by atoms with van der Waals surface area (Å²) in [7, 11) is 0. The van der Waals surface area contributed by atoms with Gasteiger partial charge in [0.05, 0.1) is 24.2 Å². The van der Waals surface area contributed by atoms with E-state index in [9.17, 15) is 10.5 Å². The highest BCUT2D eigenvalue weighted by Gasteiger charge is 2.82. The summed E-state index contributed by atoms with van der Waals surface area (Å²) in [6.45, 7) is 3.67. The van der Waals surface area contributed by atoms with Gasteiger partial charge in [-0.2, -0.15) is 15.5 Å². The summed E-state index contributed by atoms with van der Waals surface area (Å²) in [5.74, 6) is -1.70. The maximum absolute atomic E-state index is 10.2. The first kappa shape index (κ1) is 14.9. The average Bonchev–Trinajstić information content (AvgIpc) is 2.79. The van der Waals surface area contributed by atoms with Crippen molar-refractivity contribution < 1.29 is 9.47 Å². The van der Waals surface area contributed by atoms with Gasteiger partial charge < -0.3 is 9.47 Å². The van der Waals surface area contributed by atoms with Gasteiger partial charge in [0.25, 0.3) is 0 Å². The summed E-state index contributed by atoms with van der Waals surface area (Å²) in [5, 5.41) is 28.7. The van der Waals surface area contributed by atoms with Gasteiger partial charge in [-0.3, -0.25) is 5.41 Å². The Bertz CT molecular complexity index is 852. The zero-order valence-electron chi connectivity index (χ0n) is 13.4. The Morgan fingerprint density at radius 2 is 1.88 bits per heavy atom. The number of hydrogen-bond donors (Lipinski definition) is 1. The molecule has 4 aliphatic heterocycles. The molecule has 6 heteroatoms. The lowest BCUT2D eigenvalue weighted by molar-refractivity contribution is -0.314. The molecule has 120 valence electrons. The van der Waals surface area contributed by atoms with Crippen LogP contribution in [0, 0.1) is 38.9 Å². The third-order valence-corrected chi connectivity index (χ3v) is 5.52. The van der Waals surface area contributed by atoms with Crippen molar-refractivity contribution >= 4 is 11.7 Å². The van der Waals surface area contributed by atoms with E-state index in [0.29, 0.717) is 6.42 Å². The van der Waals surface area contributed by atoms with E-state index in [1.807, 2.05) is 37.3 Å². The summed E-state index contributed by atoms with van der Waals surface area (Å²) in [6.07, 6.45) is -0.00789. The summed E-state index contributed by atoms with van der Waals surface area (Å²) < 4.78 is 12.1. The largest absolute Gasteiger partial charge is 0.447 e. The van der Waals surface area contributed by atoms with Crippen molar-refractivity contribution in [2.45, 2.75) is 38.1 Å². The van der Waals surface area contributed by atoms with E-state index in [4.69, 9.17) is 14.9 Å². The van der Waals surface area contributed by atoms with Gasteiger partial charge in [-0.25, -0.2) is 0 Å². The lowest BCUT2D eigenvalue weighted by Crippen LogP contribution is -2.72. The van der Waals surface area contributed by atoms with Crippen LogP contribution in [-0.2, 0) is 9.47 Å². The normalized spacial score (nSPS) is 42.0. The molecule has 5 atom stereocenters. The highest BCUT2D eigenvalue weighted by molar-refractivity contribution is 6.13. The second-order valence-electron chi connectivity index (χ2n) is 6.58. The second kappa shape index (κ2) is 4.43. The van der Waals surface area contributed by atoms with Crippen LogP contribution in [0.15, 0.2) is 35.3 Å². The summed E-state index contributed by atoms with van der Waals surface area (Å²) >= 11 is 0. The molecule has 6 nitrogen and oxygen atoms in total. The number of nitrogens with zero attached hydrogens (tertiary/aromatic N) is 3. The quantitative estimate of drug-likeness (QED) is 0.905.